The summed E-state index contributed by atoms with van der Waals surface area (Å²) in [6.07, 6.45) is 12.7. The van der Waals surface area contributed by atoms with Crippen LogP contribution >= 0.6 is 0 Å². The molecule has 2 aromatic rings. The summed E-state index contributed by atoms with van der Waals surface area (Å²) in [4.78, 5) is 0. The van der Waals surface area contributed by atoms with E-state index < -0.39 is 17.7 Å². The normalized spacial score (nSPS) is 23.3. The van der Waals surface area contributed by atoms with Gasteiger partial charge in [-0.25, -0.2) is 13.2 Å². The predicted molar refractivity (Wildman–Crippen MR) is 128 cm³/mol. The molecule has 0 heterocycles. The second-order valence-corrected chi connectivity index (χ2v) is 8.83. The van der Waals surface area contributed by atoms with Gasteiger partial charge in [0.2, 0.25) is 0 Å². The second-order valence-electron chi connectivity index (χ2n) is 8.83. The van der Waals surface area contributed by atoms with Gasteiger partial charge in [0, 0.05) is 12.7 Å². The molecule has 2 aromatic carbocycles. The van der Waals surface area contributed by atoms with Crippen molar-refractivity contribution in [3.8, 4) is 11.1 Å². The lowest BCUT2D eigenvalue weighted by molar-refractivity contribution is 0.113. The van der Waals surface area contributed by atoms with Crippen molar-refractivity contribution in [1.29, 1.82) is 0 Å². The maximum Gasteiger partial charge on any atom is 0.166 e. The number of halogens is 3. The van der Waals surface area contributed by atoms with E-state index in [9.17, 15) is 13.2 Å². The maximum absolute atomic E-state index is 15.0. The van der Waals surface area contributed by atoms with Crippen LogP contribution in [0.5, 0.6) is 0 Å². The number of allylic oxidation sites excluding steroid dienone is 4. The molecule has 0 radical (unpaired) electrons. The lowest BCUT2D eigenvalue weighted by atomic mass is 9.78. The number of hydrogen-bond donors (Lipinski definition) is 0. The number of benzene rings is 2. The van der Waals surface area contributed by atoms with Crippen LogP contribution in [0.3, 0.4) is 0 Å². The summed E-state index contributed by atoms with van der Waals surface area (Å²) in [7, 11) is 1.49. The summed E-state index contributed by atoms with van der Waals surface area (Å²) in [6, 6.07) is 10.7. The van der Waals surface area contributed by atoms with Crippen LogP contribution in [-0.4, -0.2) is 13.2 Å². The first-order chi connectivity index (χ1) is 16.0. The van der Waals surface area contributed by atoms with E-state index in [1.165, 1.54) is 13.2 Å². The molecule has 4 rings (SSSR count). The van der Waals surface area contributed by atoms with Gasteiger partial charge in [0.15, 0.2) is 11.6 Å². The fourth-order valence-corrected chi connectivity index (χ4v) is 4.73. The van der Waals surface area contributed by atoms with E-state index in [0.29, 0.717) is 23.5 Å². The molecule has 1 nitrogen and oxygen atoms in total. The van der Waals surface area contributed by atoms with Crippen LogP contribution in [0, 0.1) is 17.6 Å². The Bertz CT molecular complexity index is 1090. The first-order valence-corrected chi connectivity index (χ1v) is 11.5. The molecule has 0 saturated heterocycles. The van der Waals surface area contributed by atoms with Gasteiger partial charge in [-0.2, -0.15) is 0 Å². The molecule has 1 atom stereocenters. The Balaban J connectivity index is 1.47. The summed E-state index contributed by atoms with van der Waals surface area (Å²) in [5.41, 5.74) is 3.03. The van der Waals surface area contributed by atoms with E-state index in [1.54, 1.807) is 24.3 Å². The standard InChI is InChI=1S/C29H29F3O/c1-3-19-6-11-22(12-7-19)24-15-16-25(29(32)28(24)31)23-13-8-20(9-14-23)4-5-21-10-17-27(33-2)26(30)18-21/h3-5,8-10,13-16,18-19,22,27H,1,6-7,11-12,17H2,2H3/b5-4+. The van der Waals surface area contributed by atoms with Crippen molar-refractivity contribution in [3.63, 3.8) is 0 Å². The van der Waals surface area contributed by atoms with Gasteiger partial charge in [0.1, 0.15) is 11.9 Å². The van der Waals surface area contributed by atoms with Gasteiger partial charge in [-0.1, -0.05) is 60.7 Å². The molecule has 1 saturated carbocycles. The molecule has 0 N–H and O–H groups in total. The Morgan fingerprint density at radius 3 is 2.27 bits per heavy atom. The van der Waals surface area contributed by atoms with Crippen molar-refractivity contribution in [2.75, 3.05) is 7.11 Å². The van der Waals surface area contributed by atoms with Crippen LogP contribution in [0.1, 0.15) is 49.1 Å². The molecule has 172 valence electrons. The average Bonchev–Trinajstić information content (AvgIpc) is 2.85. The van der Waals surface area contributed by atoms with Crippen molar-refractivity contribution >= 4 is 6.08 Å². The Kier molecular flexibility index (Phi) is 7.34. The molecule has 1 fully saturated rings. The van der Waals surface area contributed by atoms with Crippen LogP contribution in [0.4, 0.5) is 13.2 Å². The van der Waals surface area contributed by atoms with Gasteiger partial charge in [-0.3, -0.25) is 0 Å². The third kappa shape index (κ3) is 5.22. The van der Waals surface area contributed by atoms with E-state index in [-0.39, 0.29) is 17.3 Å². The molecule has 0 spiro atoms. The van der Waals surface area contributed by atoms with Gasteiger partial charge in [0.05, 0.1) is 0 Å². The highest BCUT2D eigenvalue weighted by Crippen LogP contribution is 2.39. The minimum atomic E-state index is -0.790. The second kappa shape index (κ2) is 10.4. The lowest BCUT2D eigenvalue weighted by Gasteiger charge is -2.27. The topological polar surface area (TPSA) is 9.23 Å². The van der Waals surface area contributed by atoms with E-state index in [2.05, 4.69) is 6.58 Å². The number of ether oxygens (including phenoxy) is 1. The SMILES string of the molecule is C=CC1CCC(c2ccc(-c3ccc(/C=C/C4=CCC(OC)C(F)=C4)cc3)c(F)c2F)CC1. The van der Waals surface area contributed by atoms with Crippen LogP contribution in [0.25, 0.3) is 17.2 Å². The highest BCUT2D eigenvalue weighted by atomic mass is 19.2. The predicted octanol–water partition coefficient (Wildman–Crippen LogP) is 8.30. The fourth-order valence-electron chi connectivity index (χ4n) is 4.73. The summed E-state index contributed by atoms with van der Waals surface area (Å²) in [5.74, 6) is -1.27. The maximum atomic E-state index is 15.0. The van der Waals surface area contributed by atoms with Gasteiger partial charge in [-0.15, -0.1) is 6.58 Å². The Labute approximate surface area is 194 Å². The molecule has 1 unspecified atom stereocenters. The summed E-state index contributed by atoms with van der Waals surface area (Å²) in [5, 5.41) is 0. The highest BCUT2D eigenvalue weighted by molar-refractivity contribution is 5.67. The highest BCUT2D eigenvalue weighted by Gasteiger charge is 2.25. The quantitative estimate of drug-likeness (QED) is 0.402. The third-order valence-electron chi connectivity index (χ3n) is 6.81. The molecular formula is C29H29F3O. The number of hydrogen-bond acceptors (Lipinski definition) is 1. The summed E-state index contributed by atoms with van der Waals surface area (Å²) >= 11 is 0. The van der Waals surface area contributed by atoms with Gasteiger partial charge >= 0.3 is 0 Å². The minimum Gasteiger partial charge on any atom is -0.374 e. The summed E-state index contributed by atoms with van der Waals surface area (Å²) in [6.45, 7) is 3.85. The fraction of sp³-hybridized carbons (Fsp3) is 0.310. The van der Waals surface area contributed by atoms with Crippen molar-refractivity contribution < 1.29 is 17.9 Å². The summed E-state index contributed by atoms with van der Waals surface area (Å²) < 4.78 is 48.9. The van der Waals surface area contributed by atoms with Gasteiger partial charge in [-0.05, 0) is 72.3 Å². The van der Waals surface area contributed by atoms with Crippen molar-refractivity contribution in [2.45, 2.75) is 44.1 Å². The van der Waals surface area contributed by atoms with E-state index in [1.807, 2.05) is 36.4 Å². The molecule has 0 bridgehead atoms. The molecule has 4 heteroatoms. The van der Waals surface area contributed by atoms with Crippen LogP contribution < -0.4 is 0 Å². The average molecular weight is 451 g/mol. The lowest BCUT2D eigenvalue weighted by Crippen LogP contribution is -2.13. The van der Waals surface area contributed by atoms with Crippen LogP contribution in [-0.2, 0) is 4.74 Å². The first kappa shape index (κ1) is 23.3. The monoisotopic (exact) mass is 450 g/mol. The van der Waals surface area contributed by atoms with E-state index in [4.69, 9.17) is 4.74 Å². The Morgan fingerprint density at radius 1 is 0.909 bits per heavy atom. The number of methoxy groups -OCH3 is 1. The van der Waals surface area contributed by atoms with Crippen molar-refractivity contribution in [1.82, 2.24) is 0 Å². The first-order valence-electron chi connectivity index (χ1n) is 11.5. The third-order valence-corrected chi connectivity index (χ3v) is 6.81. The van der Waals surface area contributed by atoms with Crippen molar-refractivity contribution in [2.24, 2.45) is 5.92 Å². The largest absolute Gasteiger partial charge is 0.374 e. The molecule has 0 aliphatic heterocycles. The van der Waals surface area contributed by atoms with Crippen LogP contribution in [0.15, 0.2) is 78.7 Å². The molecule has 0 aromatic heterocycles. The van der Waals surface area contributed by atoms with Crippen LogP contribution in [0.2, 0.25) is 0 Å². The zero-order chi connectivity index (χ0) is 23.4. The minimum absolute atomic E-state index is 0.0596. The van der Waals surface area contributed by atoms with E-state index in [0.717, 1.165) is 36.8 Å². The Hall–Kier alpha value is -2.85. The molecule has 2 aliphatic rings. The number of rotatable bonds is 6. The molecule has 33 heavy (non-hydrogen) atoms. The zero-order valence-electron chi connectivity index (χ0n) is 18.9. The van der Waals surface area contributed by atoms with Gasteiger partial charge < -0.3 is 4.74 Å². The molecular weight excluding hydrogens is 421 g/mol. The molecule has 0 amide bonds. The zero-order valence-corrected chi connectivity index (χ0v) is 18.9. The van der Waals surface area contributed by atoms with E-state index >= 15 is 0 Å². The molecule has 2 aliphatic carbocycles. The Morgan fingerprint density at radius 2 is 1.64 bits per heavy atom. The van der Waals surface area contributed by atoms with Gasteiger partial charge in [0.25, 0.3) is 0 Å². The van der Waals surface area contributed by atoms with Crippen molar-refractivity contribution in [3.05, 3.63) is 101 Å². The smallest absolute Gasteiger partial charge is 0.166 e.